The van der Waals surface area contributed by atoms with Crippen molar-refractivity contribution in [3.63, 3.8) is 0 Å². The summed E-state index contributed by atoms with van der Waals surface area (Å²) in [7, 11) is 1.37. The summed E-state index contributed by atoms with van der Waals surface area (Å²) in [5, 5.41) is 22.8. The molecule has 2 rings (SSSR count). The zero-order valence-corrected chi connectivity index (χ0v) is 11.2. The minimum absolute atomic E-state index is 0.0855. The number of carbonyl (C=O) groups is 2. The van der Waals surface area contributed by atoms with E-state index in [-0.39, 0.29) is 35.7 Å². The van der Waals surface area contributed by atoms with E-state index in [0.29, 0.717) is 0 Å². The summed E-state index contributed by atoms with van der Waals surface area (Å²) in [6.07, 6.45) is 0.446. The second-order valence-electron chi connectivity index (χ2n) is 4.60. The average molecular weight is 288 g/mol. The van der Waals surface area contributed by atoms with Gasteiger partial charge in [0.25, 0.3) is 5.91 Å². The Labute approximate surface area is 120 Å². The number of carbonyl (C=O) groups excluding carboxylic acids is 2. The van der Waals surface area contributed by atoms with Crippen LogP contribution in [0.2, 0.25) is 0 Å². The van der Waals surface area contributed by atoms with Crippen LogP contribution in [-0.4, -0.2) is 34.7 Å². The van der Waals surface area contributed by atoms with Crippen LogP contribution >= 0.6 is 0 Å². The third kappa shape index (κ3) is 2.67. The molecular weight excluding hydrogens is 276 g/mol. The number of nitro benzene ring substituents is 1. The number of piperidine rings is 1. The number of nitrogens with one attached hydrogen (secondary N) is 1. The summed E-state index contributed by atoms with van der Waals surface area (Å²) in [6.45, 7) is 0. The first-order valence-corrected chi connectivity index (χ1v) is 6.20. The Morgan fingerprint density at radius 2 is 2.19 bits per heavy atom. The topological polar surface area (TPSA) is 116 Å². The number of nitrogens with zero attached hydrogens (tertiary/aromatic N) is 3. The number of hydrogen-bond donors (Lipinski definition) is 1. The first kappa shape index (κ1) is 14.5. The first-order chi connectivity index (χ1) is 9.95. The highest BCUT2D eigenvalue weighted by Gasteiger charge is 2.33. The molecule has 1 saturated heterocycles. The van der Waals surface area contributed by atoms with Crippen LogP contribution in [0.15, 0.2) is 18.2 Å². The zero-order valence-electron chi connectivity index (χ0n) is 11.2. The van der Waals surface area contributed by atoms with Crippen molar-refractivity contribution in [2.45, 2.75) is 18.9 Å². The van der Waals surface area contributed by atoms with Crippen LogP contribution in [0.3, 0.4) is 0 Å². The second kappa shape index (κ2) is 5.58. The van der Waals surface area contributed by atoms with E-state index in [0.717, 1.165) is 4.90 Å². The molecule has 1 atom stereocenters. The molecule has 8 nitrogen and oxygen atoms in total. The Bertz CT molecular complexity index is 665. The fraction of sp³-hybridized carbons (Fsp3) is 0.308. The van der Waals surface area contributed by atoms with Crippen LogP contribution in [0, 0.1) is 21.4 Å². The summed E-state index contributed by atoms with van der Waals surface area (Å²) in [6, 6.07) is 5.29. The van der Waals surface area contributed by atoms with E-state index in [2.05, 4.69) is 5.32 Å². The molecule has 1 aromatic rings. The molecule has 1 heterocycles. The van der Waals surface area contributed by atoms with Gasteiger partial charge in [0.1, 0.15) is 23.4 Å². The lowest BCUT2D eigenvalue weighted by molar-refractivity contribution is -0.384. The van der Waals surface area contributed by atoms with Gasteiger partial charge in [-0.25, -0.2) is 0 Å². The number of rotatable bonds is 3. The van der Waals surface area contributed by atoms with Crippen LogP contribution in [-0.2, 0) is 9.59 Å². The summed E-state index contributed by atoms with van der Waals surface area (Å²) in [4.78, 5) is 34.8. The van der Waals surface area contributed by atoms with Crippen molar-refractivity contribution in [1.29, 1.82) is 5.26 Å². The molecule has 1 aliphatic rings. The summed E-state index contributed by atoms with van der Waals surface area (Å²) >= 11 is 0. The number of nitriles is 1. The Morgan fingerprint density at radius 1 is 1.48 bits per heavy atom. The molecule has 0 aromatic heterocycles. The van der Waals surface area contributed by atoms with Gasteiger partial charge >= 0.3 is 5.69 Å². The predicted molar refractivity (Wildman–Crippen MR) is 72.2 cm³/mol. The van der Waals surface area contributed by atoms with Gasteiger partial charge in [0.05, 0.1) is 4.92 Å². The molecule has 0 aliphatic carbocycles. The number of likely N-dealkylation sites (N-methyl/N-ethyl adjacent to an activating group) is 1. The molecule has 8 heteroatoms. The highest BCUT2D eigenvalue weighted by Crippen LogP contribution is 2.29. The van der Waals surface area contributed by atoms with Gasteiger partial charge in [-0.1, -0.05) is 6.07 Å². The van der Waals surface area contributed by atoms with Crippen molar-refractivity contribution >= 4 is 23.2 Å². The molecule has 1 fully saturated rings. The maximum absolute atomic E-state index is 12.0. The Balaban J connectivity index is 2.32. The smallest absolute Gasteiger partial charge is 0.309 e. The lowest BCUT2D eigenvalue weighted by Crippen LogP contribution is -2.48. The van der Waals surface area contributed by atoms with E-state index in [1.807, 2.05) is 0 Å². The lowest BCUT2D eigenvalue weighted by atomic mass is 10.0. The van der Waals surface area contributed by atoms with Crippen molar-refractivity contribution in [1.82, 2.24) is 4.90 Å². The molecule has 21 heavy (non-hydrogen) atoms. The highest BCUT2D eigenvalue weighted by atomic mass is 16.6. The minimum atomic E-state index is -0.722. The summed E-state index contributed by atoms with van der Waals surface area (Å²) in [5.41, 5.74) is -0.356. The van der Waals surface area contributed by atoms with Gasteiger partial charge in [-0.05, 0) is 18.6 Å². The number of anilines is 1. The van der Waals surface area contributed by atoms with Gasteiger partial charge in [-0.2, -0.15) is 5.26 Å². The van der Waals surface area contributed by atoms with Gasteiger partial charge in [-0.3, -0.25) is 24.6 Å². The molecular formula is C13H12N4O4. The standard InChI is InChI=1S/C13H12N4O4/c1-16-11(18)6-5-10(13(16)19)15-9-4-2-3-8(7-14)12(9)17(20)21/h2-4,10,15H,5-6H2,1H3. The van der Waals surface area contributed by atoms with Crippen molar-refractivity contribution in [2.24, 2.45) is 0 Å². The number of nitro groups is 1. The monoisotopic (exact) mass is 288 g/mol. The molecule has 0 radical (unpaired) electrons. The number of imide groups is 1. The normalized spacial score (nSPS) is 18.3. The average Bonchev–Trinajstić information content (AvgIpc) is 2.47. The first-order valence-electron chi connectivity index (χ1n) is 6.20. The van der Waals surface area contributed by atoms with Gasteiger partial charge in [-0.15, -0.1) is 0 Å². The molecule has 1 N–H and O–H groups in total. The van der Waals surface area contributed by atoms with Gasteiger partial charge < -0.3 is 5.32 Å². The maximum Gasteiger partial charge on any atom is 0.309 e. The molecule has 108 valence electrons. The number of para-hydroxylation sites is 1. The van der Waals surface area contributed by atoms with Crippen LogP contribution in [0.5, 0.6) is 0 Å². The largest absolute Gasteiger partial charge is 0.368 e. The fourth-order valence-corrected chi connectivity index (χ4v) is 2.18. The Morgan fingerprint density at radius 3 is 2.81 bits per heavy atom. The third-order valence-corrected chi connectivity index (χ3v) is 3.32. The van der Waals surface area contributed by atoms with Crippen LogP contribution in [0.4, 0.5) is 11.4 Å². The molecule has 1 unspecified atom stereocenters. The number of benzene rings is 1. The minimum Gasteiger partial charge on any atom is -0.368 e. The molecule has 1 aliphatic heterocycles. The maximum atomic E-state index is 12.0. The molecule has 1 aromatic carbocycles. The van der Waals surface area contributed by atoms with E-state index in [4.69, 9.17) is 5.26 Å². The Kier molecular flexibility index (Phi) is 3.84. The lowest BCUT2D eigenvalue weighted by Gasteiger charge is -2.28. The quantitative estimate of drug-likeness (QED) is 0.504. The van der Waals surface area contributed by atoms with Crippen molar-refractivity contribution in [2.75, 3.05) is 12.4 Å². The molecule has 0 bridgehead atoms. The van der Waals surface area contributed by atoms with Crippen LogP contribution < -0.4 is 5.32 Å². The van der Waals surface area contributed by atoms with Gasteiger partial charge in [0.15, 0.2) is 0 Å². The van der Waals surface area contributed by atoms with Crippen molar-refractivity contribution in [3.05, 3.63) is 33.9 Å². The summed E-state index contributed by atoms with van der Waals surface area (Å²) < 4.78 is 0. The van der Waals surface area contributed by atoms with E-state index < -0.39 is 16.9 Å². The number of likely N-dealkylation sites (tertiary alicyclic amines) is 1. The molecule has 0 saturated carbocycles. The SMILES string of the molecule is CN1C(=O)CCC(Nc2cccc(C#N)c2[N+](=O)[O-])C1=O. The Hall–Kier alpha value is -2.95. The van der Waals surface area contributed by atoms with E-state index >= 15 is 0 Å². The number of amides is 2. The van der Waals surface area contributed by atoms with Crippen molar-refractivity contribution < 1.29 is 14.5 Å². The van der Waals surface area contributed by atoms with E-state index in [1.165, 1.54) is 25.2 Å². The summed E-state index contributed by atoms with van der Waals surface area (Å²) in [5.74, 6) is -0.721. The van der Waals surface area contributed by atoms with Crippen LogP contribution in [0.25, 0.3) is 0 Å². The van der Waals surface area contributed by atoms with Gasteiger partial charge in [0.2, 0.25) is 5.91 Å². The van der Waals surface area contributed by atoms with E-state index in [1.54, 1.807) is 6.07 Å². The third-order valence-electron chi connectivity index (χ3n) is 3.32. The molecule has 2 amide bonds. The van der Waals surface area contributed by atoms with E-state index in [9.17, 15) is 19.7 Å². The zero-order chi connectivity index (χ0) is 15.6. The predicted octanol–water partition coefficient (Wildman–Crippen LogP) is 1.03. The van der Waals surface area contributed by atoms with Gasteiger partial charge in [0, 0.05) is 13.5 Å². The highest BCUT2D eigenvalue weighted by molar-refractivity contribution is 6.01. The van der Waals surface area contributed by atoms with Crippen LogP contribution in [0.1, 0.15) is 18.4 Å². The molecule has 0 spiro atoms. The second-order valence-corrected chi connectivity index (χ2v) is 4.60. The fourth-order valence-electron chi connectivity index (χ4n) is 2.18. The number of hydrogen-bond acceptors (Lipinski definition) is 6. The van der Waals surface area contributed by atoms with Crippen molar-refractivity contribution in [3.8, 4) is 6.07 Å².